The van der Waals surface area contributed by atoms with E-state index in [1.165, 1.54) is 10.5 Å². The van der Waals surface area contributed by atoms with Gasteiger partial charge in [-0.3, -0.25) is 14.0 Å². The highest BCUT2D eigenvalue weighted by Gasteiger charge is 2.14. The van der Waals surface area contributed by atoms with Gasteiger partial charge in [-0.2, -0.15) is 0 Å². The normalized spacial score (nSPS) is 12.8. The molecule has 3 aromatic rings. The molecule has 0 unspecified atom stereocenters. The molecule has 0 atom stereocenters. The quantitative estimate of drug-likeness (QED) is 0.658. The first-order chi connectivity index (χ1) is 13.1. The van der Waals surface area contributed by atoms with Crippen LogP contribution in [0.1, 0.15) is 16.8 Å². The number of rotatable bonds is 4. The predicted molar refractivity (Wildman–Crippen MR) is 97.1 cm³/mol. The van der Waals surface area contributed by atoms with Gasteiger partial charge < -0.3 is 14.2 Å². The first-order valence-corrected chi connectivity index (χ1v) is 8.62. The highest BCUT2D eigenvalue weighted by Crippen LogP contribution is 2.30. The SMILES string of the molecule is Cc1cccn2c(=O)cc(COC(=O)Cc3ccc4c(c3)OCCO4)nc12. The van der Waals surface area contributed by atoms with E-state index in [-0.39, 0.29) is 18.6 Å². The zero-order valence-corrected chi connectivity index (χ0v) is 14.8. The van der Waals surface area contributed by atoms with Crippen LogP contribution in [0, 0.1) is 6.92 Å². The van der Waals surface area contributed by atoms with Crippen LogP contribution in [0.2, 0.25) is 0 Å². The van der Waals surface area contributed by atoms with Crippen molar-refractivity contribution in [2.24, 2.45) is 0 Å². The number of carbonyl (C=O) groups excluding carboxylic acids is 1. The summed E-state index contributed by atoms with van der Waals surface area (Å²) in [5, 5.41) is 0. The van der Waals surface area contributed by atoms with Crippen molar-refractivity contribution in [1.82, 2.24) is 9.38 Å². The van der Waals surface area contributed by atoms with Crippen LogP contribution in [0.5, 0.6) is 11.5 Å². The molecule has 7 heteroatoms. The van der Waals surface area contributed by atoms with Crippen LogP contribution in [0.15, 0.2) is 47.4 Å². The van der Waals surface area contributed by atoms with Crippen molar-refractivity contribution in [1.29, 1.82) is 0 Å². The molecule has 27 heavy (non-hydrogen) atoms. The molecule has 2 aromatic heterocycles. The number of ether oxygens (including phenoxy) is 3. The third-order valence-corrected chi connectivity index (χ3v) is 4.28. The standard InChI is InChI=1S/C20H18N2O5/c1-13-3-2-6-22-18(23)11-15(21-20(13)22)12-27-19(24)10-14-4-5-16-17(9-14)26-8-7-25-16/h2-6,9,11H,7-8,10,12H2,1H3. The zero-order chi connectivity index (χ0) is 18.8. The predicted octanol–water partition coefficient (Wildman–Crippen LogP) is 2.06. The maximum Gasteiger partial charge on any atom is 0.310 e. The van der Waals surface area contributed by atoms with Crippen LogP contribution in [0.3, 0.4) is 0 Å². The fraction of sp³-hybridized carbons (Fsp3) is 0.250. The molecule has 7 nitrogen and oxygen atoms in total. The first-order valence-electron chi connectivity index (χ1n) is 8.62. The molecule has 1 aliphatic heterocycles. The van der Waals surface area contributed by atoms with Gasteiger partial charge in [0.1, 0.15) is 25.5 Å². The van der Waals surface area contributed by atoms with Crippen molar-refractivity contribution in [2.75, 3.05) is 13.2 Å². The molecule has 0 radical (unpaired) electrons. The molecule has 1 aliphatic rings. The van der Waals surface area contributed by atoms with Gasteiger partial charge in [0.2, 0.25) is 0 Å². The molecule has 0 bridgehead atoms. The van der Waals surface area contributed by atoms with Crippen molar-refractivity contribution in [3.63, 3.8) is 0 Å². The summed E-state index contributed by atoms with van der Waals surface area (Å²) in [5.74, 6) is 0.902. The summed E-state index contributed by atoms with van der Waals surface area (Å²) in [6.07, 6.45) is 1.76. The van der Waals surface area contributed by atoms with Crippen LogP contribution in [0.25, 0.3) is 5.65 Å². The minimum Gasteiger partial charge on any atom is -0.486 e. The number of pyridine rings is 1. The van der Waals surface area contributed by atoms with Crippen molar-refractivity contribution >= 4 is 11.6 Å². The zero-order valence-electron chi connectivity index (χ0n) is 14.8. The molecular weight excluding hydrogens is 348 g/mol. The van der Waals surface area contributed by atoms with Crippen molar-refractivity contribution in [3.05, 3.63) is 69.8 Å². The minimum absolute atomic E-state index is 0.0521. The summed E-state index contributed by atoms with van der Waals surface area (Å²) in [6.45, 7) is 2.83. The monoisotopic (exact) mass is 366 g/mol. The lowest BCUT2D eigenvalue weighted by Gasteiger charge is -2.18. The molecule has 0 amide bonds. The van der Waals surface area contributed by atoms with Crippen LogP contribution < -0.4 is 15.0 Å². The van der Waals surface area contributed by atoms with Gasteiger partial charge in [-0.25, -0.2) is 4.98 Å². The summed E-state index contributed by atoms with van der Waals surface area (Å²) < 4.78 is 17.7. The Kier molecular flexibility index (Phi) is 4.50. The summed E-state index contributed by atoms with van der Waals surface area (Å²) in [7, 11) is 0. The molecule has 3 heterocycles. The number of aryl methyl sites for hydroxylation is 1. The van der Waals surface area contributed by atoms with E-state index in [1.54, 1.807) is 30.5 Å². The van der Waals surface area contributed by atoms with E-state index in [9.17, 15) is 9.59 Å². The van der Waals surface area contributed by atoms with Crippen molar-refractivity contribution in [3.8, 4) is 11.5 Å². The number of hydrogen-bond donors (Lipinski definition) is 0. The maximum absolute atomic E-state index is 12.2. The van der Waals surface area contributed by atoms with E-state index in [1.807, 2.05) is 13.0 Å². The van der Waals surface area contributed by atoms with E-state index in [4.69, 9.17) is 14.2 Å². The van der Waals surface area contributed by atoms with E-state index < -0.39 is 5.97 Å². The summed E-state index contributed by atoms with van der Waals surface area (Å²) in [5.41, 5.74) is 2.42. The number of carbonyl (C=O) groups is 1. The average molecular weight is 366 g/mol. The molecular formula is C20H18N2O5. The highest BCUT2D eigenvalue weighted by molar-refractivity contribution is 5.73. The molecule has 138 valence electrons. The number of hydrogen-bond acceptors (Lipinski definition) is 6. The number of aromatic nitrogens is 2. The fourth-order valence-corrected chi connectivity index (χ4v) is 2.95. The van der Waals surface area contributed by atoms with Crippen LogP contribution >= 0.6 is 0 Å². The molecule has 0 saturated carbocycles. The lowest BCUT2D eigenvalue weighted by Crippen LogP contribution is -2.18. The van der Waals surface area contributed by atoms with Gasteiger partial charge >= 0.3 is 5.97 Å². The van der Waals surface area contributed by atoms with E-state index >= 15 is 0 Å². The lowest BCUT2D eigenvalue weighted by molar-refractivity contribution is -0.144. The second-order valence-electron chi connectivity index (χ2n) is 6.29. The topological polar surface area (TPSA) is 79.1 Å². The summed E-state index contributed by atoms with van der Waals surface area (Å²) >= 11 is 0. The molecule has 0 fully saturated rings. The molecule has 0 spiro atoms. The Balaban J connectivity index is 1.44. The maximum atomic E-state index is 12.2. The second kappa shape index (κ2) is 7.11. The minimum atomic E-state index is -0.404. The third-order valence-electron chi connectivity index (χ3n) is 4.28. The van der Waals surface area contributed by atoms with Crippen LogP contribution in [0.4, 0.5) is 0 Å². The number of nitrogens with zero attached hydrogens (tertiary/aromatic N) is 2. The summed E-state index contributed by atoms with van der Waals surface area (Å²) in [6, 6.07) is 10.4. The first kappa shape index (κ1) is 17.1. The molecule has 0 N–H and O–H groups in total. The Labute approximate surface area is 155 Å². The van der Waals surface area contributed by atoms with Crippen LogP contribution in [-0.2, 0) is 22.6 Å². The Morgan fingerprint density at radius 1 is 1.19 bits per heavy atom. The third kappa shape index (κ3) is 3.62. The van der Waals surface area contributed by atoms with Gasteiger partial charge in [0, 0.05) is 12.3 Å². The van der Waals surface area contributed by atoms with Gasteiger partial charge in [0.15, 0.2) is 11.5 Å². The van der Waals surface area contributed by atoms with E-state index in [2.05, 4.69) is 4.98 Å². The van der Waals surface area contributed by atoms with Gasteiger partial charge in [-0.05, 0) is 36.2 Å². The summed E-state index contributed by atoms with van der Waals surface area (Å²) in [4.78, 5) is 28.8. The second-order valence-corrected chi connectivity index (χ2v) is 6.29. The number of fused-ring (bicyclic) bond motifs is 2. The molecule has 0 aliphatic carbocycles. The number of esters is 1. The van der Waals surface area contributed by atoms with Crippen molar-refractivity contribution < 1.29 is 19.0 Å². The van der Waals surface area contributed by atoms with Gasteiger partial charge in [0.25, 0.3) is 5.56 Å². The van der Waals surface area contributed by atoms with E-state index in [0.29, 0.717) is 36.1 Å². The molecule has 0 saturated heterocycles. The van der Waals surface area contributed by atoms with E-state index in [0.717, 1.165) is 11.1 Å². The van der Waals surface area contributed by atoms with Gasteiger partial charge in [-0.15, -0.1) is 0 Å². The highest BCUT2D eigenvalue weighted by atomic mass is 16.6. The lowest BCUT2D eigenvalue weighted by atomic mass is 10.1. The fourth-order valence-electron chi connectivity index (χ4n) is 2.95. The smallest absolute Gasteiger partial charge is 0.310 e. The molecule has 4 rings (SSSR count). The Morgan fingerprint density at radius 3 is 2.85 bits per heavy atom. The Morgan fingerprint density at radius 2 is 2.00 bits per heavy atom. The largest absolute Gasteiger partial charge is 0.486 e. The molecule has 1 aromatic carbocycles. The Bertz CT molecular complexity index is 1070. The van der Waals surface area contributed by atoms with Gasteiger partial charge in [-0.1, -0.05) is 12.1 Å². The van der Waals surface area contributed by atoms with Crippen molar-refractivity contribution in [2.45, 2.75) is 20.0 Å². The average Bonchev–Trinajstić information content (AvgIpc) is 2.67. The van der Waals surface area contributed by atoms with Gasteiger partial charge in [0.05, 0.1) is 12.1 Å². The Hall–Kier alpha value is -3.35. The number of benzene rings is 1. The van der Waals surface area contributed by atoms with Crippen LogP contribution in [-0.4, -0.2) is 28.6 Å².